The lowest BCUT2D eigenvalue weighted by Gasteiger charge is -2.43. The maximum Gasteiger partial charge on any atom is 0.272 e. The van der Waals surface area contributed by atoms with Gasteiger partial charge in [0.25, 0.3) is 5.91 Å². The highest BCUT2D eigenvalue weighted by Crippen LogP contribution is 2.62. The third-order valence-electron chi connectivity index (χ3n) is 9.73. The van der Waals surface area contributed by atoms with Crippen LogP contribution < -0.4 is 5.32 Å². The predicted molar refractivity (Wildman–Crippen MR) is 144 cm³/mol. The molecule has 4 nitrogen and oxygen atoms in total. The lowest BCUT2D eigenvalue weighted by Crippen LogP contribution is -2.52. The van der Waals surface area contributed by atoms with Gasteiger partial charge in [-0.1, -0.05) is 87.9 Å². The van der Waals surface area contributed by atoms with Crippen molar-refractivity contribution in [3.05, 3.63) is 88.7 Å². The average molecular weight is 482 g/mol. The summed E-state index contributed by atoms with van der Waals surface area (Å²) in [4.78, 5) is 14.0. The van der Waals surface area contributed by atoms with Gasteiger partial charge in [-0.2, -0.15) is 5.10 Å². The number of nitrogens with zero attached hydrogens (tertiary/aromatic N) is 2. The standard InChI is InChI=1S/C32H39N3O/c1-31(2)24-18-19-32(3,20-24)30(31)33-29(36)27-26-17-11-10-16-25(23-14-8-5-9-15-23)28(26)35(34-27)21-22-12-6-4-7-13-22/h4-9,12-15,24-25,30H,10-11,16-21H2,1-3H3,(H,33,36)/t24?,25?,30-,32?/m1/s1. The van der Waals surface area contributed by atoms with E-state index in [1.54, 1.807) is 0 Å². The monoisotopic (exact) mass is 481 g/mol. The van der Waals surface area contributed by atoms with Crippen LogP contribution in [-0.4, -0.2) is 21.7 Å². The number of carbonyl (C=O) groups is 1. The normalized spacial score (nSPS) is 28.5. The predicted octanol–water partition coefficient (Wildman–Crippen LogP) is 6.73. The van der Waals surface area contributed by atoms with Crippen molar-refractivity contribution in [2.24, 2.45) is 16.7 Å². The van der Waals surface area contributed by atoms with Crippen LogP contribution in [0.3, 0.4) is 0 Å². The van der Waals surface area contributed by atoms with Crippen LogP contribution in [0.4, 0.5) is 0 Å². The van der Waals surface area contributed by atoms with Gasteiger partial charge in [-0.25, -0.2) is 0 Å². The first-order chi connectivity index (χ1) is 17.4. The Morgan fingerprint density at radius 2 is 1.72 bits per heavy atom. The lowest BCUT2D eigenvalue weighted by atomic mass is 9.68. The summed E-state index contributed by atoms with van der Waals surface area (Å²) in [7, 11) is 0. The van der Waals surface area contributed by atoms with Gasteiger partial charge in [0.2, 0.25) is 0 Å². The van der Waals surface area contributed by atoms with Gasteiger partial charge in [-0.15, -0.1) is 0 Å². The fourth-order valence-corrected chi connectivity index (χ4v) is 7.87. The molecule has 2 bridgehead atoms. The van der Waals surface area contributed by atoms with Crippen LogP contribution in [0.5, 0.6) is 0 Å². The summed E-state index contributed by atoms with van der Waals surface area (Å²) >= 11 is 0. The highest BCUT2D eigenvalue weighted by atomic mass is 16.2. The first-order valence-corrected chi connectivity index (χ1v) is 13.9. The molecule has 0 saturated heterocycles. The Labute approximate surface area is 215 Å². The molecular weight excluding hydrogens is 442 g/mol. The summed E-state index contributed by atoms with van der Waals surface area (Å²) in [5, 5.41) is 8.63. The molecule has 1 aromatic heterocycles. The van der Waals surface area contributed by atoms with Crippen molar-refractivity contribution in [3.8, 4) is 0 Å². The summed E-state index contributed by atoms with van der Waals surface area (Å²) in [6.07, 6.45) is 8.00. The molecule has 4 heteroatoms. The zero-order valence-electron chi connectivity index (χ0n) is 22.0. The number of amides is 1. The number of rotatable bonds is 5. The van der Waals surface area contributed by atoms with E-state index in [0.29, 0.717) is 18.2 Å². The van der Waals surface area contributed by atoms with E-state index in [1.165, 1.54) is 41.6 Å². The van der Waals surface area contributed by atoms with Crippen LogP contribution in [0.2, 0.25) is 0 Å². The summed E-state index contributed by atoms with van der Waals surface area (Å²) in [6.45, 7) is 7.78. The molecule has 3 aliphatic rings. The molecule has 1 amide bonds. The minimum absolute atomic E-state index is 0.0265. The van der Waals surface area contributed by atoms with Crippen LogP contribution >= 0.6 is 0 Å². The average Bonchev–Trinajstić information content (AvgIpc) is 3.43. The van der Waals surface area contributed by atoms with Gasteiger partial charge in [-0.05, 0) is 66.4 Å². The van der Waals surface area contributed by atoms with Crippen molar-refractivity contribution in [1.29, 1.82) is 0 Å². The third kappa shape index (κ3) is 3.90. The molecule has 36 heavy (non-hydrogen) atoms. The maximum absolute atomic E-state index is 14.0. The van der Waals surface area contributed by atoms with Crippen molar-refractivity contribution in [2.75, 3.05) is 0 Å². The van der Waals surface area contributed by atoms with Crippen molar-refractivity contribution < 1.29 is 4.79 Å². The van der Waals surface area contributed by atoms with E-state index in [-0.39, 0.29) is 28.7 Å². The molecule has 1 heterocycles. The van der Waals surface area contributed by atoms with Crippen molar-refractivity contribution in [2.45, 2.75) is 84.2 Å². The zero-order chi connectivity index (χ0) is 24.9. The fourth-order valence-electron chi connectivity index (χ4n) is 7.87. The molecular formula is C32H39N3O. The lowest BCUT2D eigenvalue weighted by molar-refractivity contribution is 0.0731. The summed E-state index contributed by atoms with van der Waals surface area (Å²) < 4.78 is 2.15. The molecule has 4 atom stereocenters. The molecule has 3 aliphatic carbocycles. The highest BCUT2D eigenvalue weighted by Gasteiger charge is 2.59. The number of fused-ring (bicyclic) bond motifs is 3. The molecule has 0 aliphatic heterocycles. The Bertz CT molecular complexity index is 1240. The summed E-state index contributed by atoms with van der Waals surface area (Å²) in [5.74, 6) is 0.986. The first kappa shape index (κ1) is 23.5. The SMILES string of the molecule is CC12CCC(C1)C(C)(C)[C@H]2NC(=O)c1nn(Cc2ccccc2)c2c1CCCCC2c1ccccc1. The number of carbonyl (C=O) groups excluding carboxylic acids is 1. The molecule has 2 fully saturated rings. The van der Waals surface area contributed by atoms with E-state index in [9.17, 15) is 4.79 Å². The number of aromatic nitrogens is 2. The van der Waals surface area contributed by atoms with Gasteiger partial charge in [0.15, 0.2) is 5.69 Å². The summed E-state index contributed by atoms with van der Waals surface area (Å²) in [6, 6.07) is 21.5. The quantitative estimate of drug-likeness (QED) is 0.411. The van der Waals surface area contributed by atoms with Gasteiger partial charge in [-0.3, -0.25) is 9.48 Å². The molecule has 188 valence electrons. The Hall–Kier alpha value is -2.88. The Kier molecular flexibility index (Phi) is 5.81. The molecule has 2 aromatic carbocycles. The molecule has 3 aromatic rings. The van der Waals surface area contributed by atoms with E-state index in [0.717, 1.165) is 25.7 Å². The third-order valence-corrected chi connectivity index (χ3v) is 9.73. The summed E-state index contributed by atoms with van der Waals surface area (Å²) in [5.41, 5.74) is 5.92. The largest absolute Gasteiger partial charge is 0.347 e. The topological polar surface area (TPSA) is 46.9 Å². The van der Waals surface area contributed by atoms with Crippen molar-refractivity contribution in [3.63, 3.8) is 0 Å². The van der Waals surface area contributed by atoms with Crippen LogP contribution in [0.1, 0.15) is 98.1 Å². The van der Waals surface area contributed by atoms with Crippen LogP contribution in [0.25, 0.3) is 0 Å². The Morgan fingerprint density at radius 1 is 1.00 bits per heavy atom. The van der Waals surface area contributed by atoms with Gasteiger partial charge in [0.1, 0.15) is 0 Å². The fraction of sp³-hybridized carbons (Fsp3) is 0.500. The molecule has 6 rings (SSSR count). The maximum atomic E-state index is 14.0. The van der Waals surface area contributed by atoms with Crippen LogP contribution in [0, 0.1) is 16.7 Å². The second kappa shape index (κ2) is 8.90. The van der Waals surface area contributed by atoms with E-state index in [2.05, 4.69) is 91.4 Å². The number of hydrogen-bond acceptors (Lipinski definition) is 2. The van der Waals surface area contributed by atoms with E-state index >= 15 is 0 Å². The van der Waals surface area contributed by atoms with Crippen LogP contribution in [0.15, 0.2) is 60.7 Å². The highest BCUT2D eigenvalue weighted by molar-refractivity contribution is 5.94. The second-order valence-electron chi connectivity index (χ2n) is 12.4. The number of nitrogens with one attached hydrogen (secondary N) is 1. The van der Waals surface area contributed by atoms with E-state index in [1.807, 2.05) is 0 Å². The van der Waals surface area contributed by atoms with Gasteiger partial charge < -0.3 is 5.32 Å². The molecule has 2 saturated carbocycles. The minimum atomic E-state index is 0.0265. The van der Waals surface area contributed by atoms with E-state index in [4.69, 9.17) is 5.10 Å². The minimum Gasteiger partial charge on any atom is -0.347 e. The second-order valence-corrected chi connectivity index (χ2v) is 12.4. The smallest absolute Gasteiger partial charge is 0.272 e. The van der Waals surface area contributed by atoms with Gasteiger partial charge in [0.05, 0.1) is 12.2 Å². The van der Waals surface area contributed by atoms with Crippen LogP contribution in [-0.2, 0) is 13.0 Å². The molecule has 0 radical (unpaired) electrons. The number of hydrogen-bond donors (Lipinski definition) is 1. The van der Waals surface area contributed by atoms with Gasteiger partial charge >= 0.3 is 0 Å². The Balaban J connectivity index is 1.41. The van der Waals surface area contributed by atoms with Gasteiger partial charge in [0, 0.05) is 17.5 Å². The number of benzene rings is 2. The first-order valence-electron chi connectivity index (χ1n) is 13.9. The molecule has 3 unspecified atom stereocenters. The Morgan fingerprint density at radius 3 is 2.42 bits per heavy atom. The molecule has 1 N–H and O–H groups in total. The van der Waals surface area contributed by atoms with E-state index < -0.39 is 0 Å². The molecule has 0 spiro atoms. The van der Waals surface area contributed by atoms with Crippen molar-refractivity contribution in [1.82, 2.24) is 15.1 Å². The zero-order valence-corrected chi connectivity index (χ0v) is 22.0. The van der Waals surface area contributed by atoms with Crippen molar-refractivity contribution >= 4 is 5.91 Å².